The number of nitrogens with zero attached hydrogens (tertiary/aromatic N) is 2. The Morgan fingerprint density at radius 3 is 2.61 bits per heavy atom. The highest BCUT2D eigenvalue weighted by molar-refractivity contribution is 5.95. The van der Waals surface area contributed by atoms with Crippen LogP contribution in [0.2, 0.25) is 0 Å². The van der Waals surface area contributed by atoms with Crippen LogP contribution in [0.1, 0.15) is 38.5 Å². The van der Waals surface area contributed by atoms with Crippen molar-refractivity contribution in [3.05, 3.63) is 0 Å². The molecule has 6 heteroatoms. The van der Waals surface area contributed by atoms with E-state index < -0.39 is 0 Å². The van der Waals surface area contributed by atoms with Crippen LogP contribution in [0.25, 0.3) is 0 Å². The molecule has 0 aromatic carbocycles. The third-order valence-corrected chi connectivity index (χ3v) is 3.41. The molecule has 1 rings (SSSR count). The normalized spacial score (nSPS) is 18.0. The minimum absolute atomic E-state index is 0.171. The van der Waals surface area contributed by atoms with Crippen LogP contribution in [0.15, 0.2) is 4.99 Å². The molecule has 18 heavy (non-hydrogen) atoms. The molecule has 0 aliphatic heterocycles. The van der Waals surface area contributed by atoms with Crippen molar-refractivity contribution in [1.29, 1.82) is 5.41 Å². The summed E-state index contributed by atoms with van der Waals surface area (Å²) < 4.78 is 0. The molecule has 6 N–H and O–H groups in total. The molecule has 1 aliphatic rings. The van der Waals surface area contributed by atoms with Crippen molar-refractivity contribution in [2.24, 2.45) is 16.5 Å². The highest BCUT2D eigenvalue weighted by atomic mass is 15.2. The number of nitrogens with one attached hydrogen (secondary N) is 2. The predicted molar refractivity (Wildman–Crippen MR) is 75.7 cm³/mol. The minimum Gasteiger partial charge on any atom is -0.370 e. The second-order valence-electron chi connectivity index (χ2n) is 4.93. The number of hydrogen-bond donors (Lipinski definition) is 4. The van der Waals surface area contributed by atoms with Gasteiger partial charge in [-0.15, -0.1) is 0 Å². The Morgan fingerprint density at radius 1 is 1.33 bits per heavy atom. The average molecular weight is 254 g/mol. The molecule has 0 aromatic rings. The van der Waals surface area contributed by atoms with Gasteiger partial charge in [-0.05, 0) is 32.9 Å². The largest absolute Gasteiger partial charge is 0.370 e. The third-order valence-electron chi connectivity index (χ3n) is 3.41. The van der Waals surface area contributed by atoms with Gasteiger partial charge in [-0.25, -0.2) is 0 Å². The minimum atomic E-state index is -0.171. The van der Waals surface area contributed by atoms with Gasteiger partial charge in [0.05, 0.1) is 0 Å². The van der Waals surface area contributed by atoms with E-state index in [1.165, 1.54) is 32.1 Å². The van der Waals surface area contributed by atoms with Crippen molar-refractivity contribution in [3.8, 4) is 0 Å². The molecule has 0 spiro atoms. The van der Waals surface area contributed by atoms with Crippen LogP contribution in [0, 0.1) is 5.41 Å². The lowest BCUT2D eigenvalue weighted by molar-refractivity contribution is 0.191. The first-order valence-corrected chi connectivity index (χ1v) is 6.71. The summed E-state index contributed by atoms with van der Waals surface area (Å²) in [5, 5.41) is 9.47. The number of nitrogens with two attached hydrogens (primary N) is 2. The Hall–Kier alpha value is -1.30. The molecule has 0 bridgehead atoms. The Bertz CT molecular complexity index is 282. The fraction of sp³-hybridized carbons (Fsp3) is 0.833. The van der Waals surface area contributed by atoms with Crippen LogP contribution >= 0.6 is 0 Å². The van der Waals surface area contributed by atoms with Crippen LogP contribution in [0.4, 0.5) is 0 Å². The van der Waals surface area contributed by atoms with Gasteiger partial charge in [0.1, 0.15) is 0 Å². The molecular weight excluding hydrogens is 228 g/mol. The topological polar surface area (TPSA) is 104 Å². The van der Waals surface area contributed by atoms with Crippen molar-refractivity contribution < 1.29 is 0 Å². The molecule has 1 saturated carbocycles. The van der Waals surface area contributed by atoms with E-state index in [1.807, 2.05) is 0 Å². The van der Waals surface area contributed by atoms with Crippen LogP contribution in [0.5, 0.6) is 0 Å². The van der Waals surface area contributed by atoms with Crippen LogP contribution in [0.3, 0.4) is 0 Å². The molecule has 0 heterocycles. The van der Waals surface area contributed by atoms with Crippen molar-refractivity contribution in [1.82, 2.24) is 10.2 Å². The van der Waals surface area contributed by atoms with Crippen LogP contribution in [-0.2, 0) is 0 Å². The fourth-order valence-corrected chi connectivity index (χ4v) is 2.40. The van der Waals surface area contributed by atoms with Gasteiger partial charge in [-0.2, -0.15) is 0 Å². The number of hydrogen-bond acceptors (Lipinski definition) is 3. The van der Waals surface area contributed by atoms with Gasteiger partial charge in [0, 0.05) is 12.6 Å². The first-order chi connectivity index (χ1) is 8.59. The highest BCUT2D eigenvalue weighted by Crippen LogP contribution is 2.21. The number of guanidine groups is 2. The molecule has 1 aliphatic carbocycles. The maximum absolute atomic E-state index is 7.00. The van der Waals surface area contributed by atoms with Gasteiger partial charge in [0.25, 0.3) is 0 Å². The molecular formula is C12H26N6. The van der Waals surface area contributed by atoms with E-state index >= 15 is 0 Å². The van der Waals surface area contributed by atoms with Crippen molar-refractivity contribution >= 4 is 11.9 Å². The Kier molecular flexibility index (Phi) is 6.49. The van der Waals surface area contributed by atoms with Gasteiger partial charge in [0.2, 0.25) is 0 Å². The van der Waals surface area contributed by atoms with Gasteiger partial charge in [-0.3, -0.25) is 15.7 Å². The zero-order valence-electron chi connectivity index (χ0n) is 11.3. The van der Waals surface area contributed by atoms with Crippen LogP contribution in [-0.4, -0.2) is 43.0 Å². The molecule has 0 aromatic heterocycles. The van der Waals surface area contributed by atoms with Gasteiger partial charge < -0.3 is 16.4 Å². The second-order valence-corrected chi connectivity index (χ2v) is 4.93. The molecule has 0 radical (unpaired) electrons. The van der Waals surface area contributed by atoms with Crippen LogP contribution < -0.4 is 16.8 Å². The van der Waals surface area contributed by atoms with E-state index in [4.69, 9.17) is 16.9 Å². The van der Waals surface area contributed by atoms with Crippen molar-refractivity contribution in [2.45, 2.75) is 44.6 Å². The van der Waals surface area contributed by atoms with Gasteiger partial charge >= 0.3 is 0 Å². The monoisotopic (exact) mass is 254 g/mol. The maximum atomic E-state index is 7.00. The van der Waals surface area contributed by atoms with E-state index in [9.17, 15) is 0 Å². The summed E-state index contributed by atoms with van der Waals surface area (Å²) in [5.74, 6) is 0.0541. The summed E-state index contributed by atoms with van der Waals surface area (Å²) in [6.07, 6.45) is 7.75. The molecule has 0 atom stereocenters. The second kappa shape index (κ2) is 7.92. The predicted octanol–water partition coefficient (Wildman–Crippen LogP) is 0.439. The lowest BCUT2D eigenvalue weighted by Crippen LogP contribution is -2.41. The van der Waals surface area contributed by atoms with E-state index in [0.717, 1.165) is 19.0 Å². The van der Waals surface area contributed by atoms with Gasteiger partial charge in [0.15, 0.2) is 11.9 Å². The maximum Gasteiger partial charge on any atom is 0.195 e. The van der Waals surface area contributed by atoms with E-state index in [0.29, 0.717) is 6.54 Å². The Balaban J connectivity index is 2.14. The summed E-state index contributed by atoms with van der Waals surface area (Å²) in [6, 6.07) is 0.746. The first kappa shape index (κ1) is 14.8. The Morgan fingerprint density at radius 2 is 2.00 bits per heavy atom. The third kappa shape index (κ3) is 5.86. The molecule has 104 valence electrons. The van der Waals surface area contributed by atoms with Crippen molar-refractivity contribution in [3.63, 3.8) is 0 Å². The Labute approximate surface area is 109 Å². The zero-order chi connectivity index (χ0) is 13.4. The van der Waals surface area contributed by atoms with E-state index in [2.05, 4.69) is 22.3 Å². The first-order valence-electron chi connectivity index (χ1n) is 6.71. The molecule has 6 nitrogen and oxygen atoms in total. The van der Waals surface area contributed by atoms with E-state index in [1.54, 1.807) is 0 Å². The molecule has 0 amide bonds. The smallest absolute Gasteiger partial charge is 0.195 e. The number of aliphatic imine (C=N–C) groups is 1. The lowest BCUT2D eigenvalue weighted by Gasteiger charge is -2.30. The SMILES string of the molecule is CN(CCCN=C(N)NC(=N)N)C1CCCCC1. The fourth-order valence-electron chi connectivity index (χ4n) is 2.40. The highest BCUT2D eigenvalue weighted by Gasteiger charge is 2.16. The summed E-state index contributed by atoms with van der Waals surface area (Å²) in [4.78, 5) is 6.55. The van der Waals surface area contributed by atoms with Gasteiger partial charge in [-0.1, -0.05) is 19.3 Å². The lowest BCUT2D eigenvalue weighted by atomic mass is 9.94. The van der Waals surface area contributed by atoms with E-state index in [-0.39, 0.29) is 11.9 Å². The summed E-state index contributed by atoms with van der Waals surface area (Å²) in [6.45, 7) is 1.71. The standard InChI is InChI=1S/C12H26N6/c1-18(10-6-3-2-4-7-10)9-5-8-16-12(15)17-11(13)14/h10H,2-9H2,1H3,(H6,13,14,15,16,17). The average Bonchev–Trinajstić information content (AvgIpc) is 2.34. The molecule has 0 unspecified atom stereocenters. The zero-order valence-corrected chi connectivity index (χ0v) is 11.3. The summed E-state index contributed by atoms with van der Waals surface area (Å²) in [7, 11) is 2.19. The van der Waals surface area contributed by atoms with Crippen molar-refractivity contribution in [2.75, 3.05) is 20.1 Å². The number of rotatable bonds is 5. The summed E-state index contributed by atoms with van der Waals surface area (Å²) in [5.41, 5.74) is 10.7. The molecule has 0 saturated heterocycles. The quantitative estimate of drug-likeness (QED) is 0.324. The summed E-state index contributed by atoms with van der Waals surface area (Å²) >= 11 is 0. The molecule has 1 fully saturated rings.